The molecule has 3 aromatic carbocycles. The zero-order valence-corrected chi connectivity index (χ0v) is 23.3. The lowest BCUT2D eigenvalue weighted by Crippen LogP contribution is -2.46. The van der Waals surface area contributed by atoms with Crippen LogP contribution in [0, 0.1) is 6.92 Å². The molecular formula is C31H36N6O3. The molecule has 5 rings (SSSR count). The van der Waals surface area contributed by atoms with Crippen LogP contribution in [0.1, 0.15) is 35.6 Å². The van der Waals surface area contributed by atoms with Crippen LogP contribution in [-0.2, 0) is 27.4 Å². The van der Waals surface area contributed by atoms with Crippen molar-refractivity contribution < 1.29 is 14.3 Å². The second-order valence-electron chi connectivity index (χ2n) is 10.5. The summed E-state index contributed by atoms with van der Waals surface area (Å²) < 4.78 is 7.33. The first-order valence-electron chi connectivity index (χ1n) is 13.7. The number of para-hydroxylation sites is 1. The minimum atomic E-state index is -0.846. The molecule has 2 heterocycles. The highest BCUT2D eigenvalue weighted by molar-refractivity contribution is 5.89. The lowest BCUT2D eigenvalue weighted by molar-refractivity contribution is -0.142. The number of nitrogens with zero attached hydrogens (tertiary/aromatic N) is 5. The quantitative estimate of drug-likeness (QED) is 0.328. The Morgan fingerprint density at radius 3 is 2.50 bits per heavy atom. The summed E-state index contributed by atoms with van der Waals surface area (Å²) in [5.41, 5.74) is 5.28. The highest BCUT2D eigenvalue weighted by Gasteiger charge is 2.33. The molecule has 1 N–H and O–H groups in total. The van der Waals surface area contributed by atoms with Crippen molar-refractivity contribution in [2.75, 3.05) is 32.1 Å². The zero-order valence-electron chi connectivity index (χ0n) is 23.3. The zero-order chi connectivity index (χ0) is 28.1. The van der Waals surface area contributed by atoms with Gasteiger partial charge in [-0.05, 0) is 55.2 Å². The fourth-order valence-corrected chi connectivity index (χ4v) is 5.01. The van der Waals surface area contributed by atoms with E-state index in [0.717, 1.165) is 40.7 Å². The van der Waals surface area contributed by atoms with Crippen molar-refractivity contribution >= 4 is 28.5 Å². The van der Waals surface area contributed by atoms with Gasteiger partial charge in [0.05, 0.1) is 11.6 Å². The second-order valence-corrected chi connectivity index (χ2v) is 10.5. The van der Waals surface area contributed by atoms with Gasteiger partial charge in [0.25, 0.3) is 0 Å². The van der Waals surface area contributed by atoms with E-state index in [-0.39, 0.29) is 31.0 Å². The summed E-state index contributed by atoms with van der Waals surface area (Å²) in [6, 6.07) is 22.5. The van der Waals surface area contributed by atoms with Crippen molar-refractivity contribution in [1.82, 2.24) is 25.2 Å². The number of fused-ring (bicyclic) bond motifs is 1. The third-order valence-corrected chi connectivity index (χ3v) is 7.31. The molecule has 1 saturated heterocycles. The van der Waals surface area contributed by atoms with E-state index in [1.54, 1.807) is 9.58 Å². The molecule has 0 bridgehead atoms. The fraction of sp³-hybridized carbons (Fsp3) is 0.355. The van der Waals surface area contributed by atoms with Crippen LogP contribution in [0.25, 0.3) is 11.0 Å². The van der Waals surface area contributed by atoms with Gasteiger partial charge in [-0.1, -0.05) is 59.3 Å². The monoisotopic (exact) mass is 540 g/mol. The number of amides is 2. The van der Waals surface area contributed by atoms with Crippen LogP contribution in [-0.4, -0.2) is 65.1 Å². The van der Waals surface area contributed by atoms with Crippen molar-refractivity contribution in [2.24, 2.45) is 0 Å². The first-order chi connectivity index (χ1) is 19.4. The topological polar surface area (TPSA) is 92.6 Å². The average Bonchev–Trinajstić information content (AvgIpc) is 3.63. The number of aryl methyl sites for hydroxylation is 1. The summed E-state index contributed by atoms with van der Waals surface area (Å²) in [7, 11) is 3.94. The predicted molar refractivity (Wildman–Crippen MR) is 155 cm³/mol. The number of anilines is 1. The number of hydrogen-bond donors (Lipinski definition) is 1. The molecule has 0 spiro atoms. The lowest BCUT2D eigenvalue weighted by atomic mass is 10.0. The number of hydrogen-bond acceptors (Lipinski definition) is 6. The number of carbonyl (C=O) groups excluding carboxylic acids is 2. The van der Waals surface area contributed by atoms with Crippen molar-refractivity contribution in [3.05, 3.63) is 89.5 Å². The summed E-state index contributed by atoms with van der Waals surface area (Å²) in [5, 5.41) is 11.5. The Balaban J connectivity index is 1.50. The van der Waals surface area contributed by atoms with E-state index in [0.29, 0.717) is 18.7 Å². The molecule has 4 aromatic rings. The SMILES string of the molecule is Cc1ccc(CN(C(=O)Cn2nnc3ccccc32)[C@H](C(=O)NC[C@H]2CCCO2)c2ccc(N(C)C)cc2)cc1. The largest absolute Gasteiger partial charge is 0.378 e. The van der Waals surface area contributed by atoms with E-state index >= 15 is 0 Å². The molecule has 1 aliphatic rings. The molecule has 208 valence electrons. The van der Waals surface area contributed by atoms with Gasteiger partial charge < -0.3 is 19.9 Å². The van der Waals surface area contributed by atoms with E-state index < -0.39 is 6.04 Å². The van der Waals surface area contributed by atoms with Gasteiger partial charge in [0.2, 0.25) is 11.8 Å². The molecule has 9 nitrogen and oxygen atoms in total. The number of rotatable bonds is 10. The molecule has 9 heteroatoms. The van der Waals surface area contributed by atoms with Gasteiger partial charge in [0.15, 0.2) is 0 Å². The number of nitrogens with one attached hydrogen (secondary N) is 1. The van der Waals surface area contributed by atoms with Gasteiger partial charge in [-0.25, -0.2) is 4.68 Å². The Hall–Kier alpha value is -4.24. The number of carbonyl (C=O) groups is 2. The fourth-order valence-electron chi connectivity index (χ4n) is 5.01. The van der Waals surface area contributed by atoms with E-state index in [9.17, 15) is 9.59 Å². The molecular weight excluding hydrogens is 504 g/mol. The van der Waals surface area contributed by atoms with Crippen molar-refractivity contribution in [3.8, 4) is 0 Å². The van der Waals surface area contributed by atoms with Gasteiger partial charge in [-0.2, -0.15) is 0 Å². The van der Waals surface area contributed by atoms with Crippen LogP contribution >= 0.6 is 0 Å². The van der Waals surface area contributed by atoms with Crippen LogP contribution in [0.15, 0.2) is 72.8 Å². The molecule has 0 radical (unpaired) electrons. The highest BCUT2D eigenvalue weighted by Crippen LogP contribution is 2.27. The Morgan fingerprint density at radius 1 is 1.05 bits per heavy atom. The van der Waals surface area contributed by atoms with Crippen LogP contribution < -0.4 is 10.2 Å². The maximum absolute atomic E-state index is 14.1. The molecule has 40 heavy (non-hydrogen) atoms. The molecule has 2 atom stereocenters. The third-order valence-electron chi connectivity index (χ3n) is 7.31. The van der Waals surface area contributed by atoms with Gasteiger partial charge in [-0.3, -0.25) is 9.59 Å². The van der Waals surface area contributed by atoms with Gasteiger partial charge >= 0.3 is 0 Å². The summed E-state index contributed by atoms with van der Waals surface area (Å²) in [4.78, 5) is 31.7. The normalized spacial score (nSPS) is 15.6. The van der Waals surface area contributed by atoms with Crippen LogP contribution in [0.5, 0.6) is 0 Å². The number of aromatic nitrogens is 3. The molecule has 0 unspecified atom stereocenters. The maximum Gasteiger partial charge on any atom is 0.247 e. The van der Waals surface area contributed by atoms with E-state index in [2.05, 4.69) is 15.6 Å². The average molecular weight is 541 g/mol. The molecule has 2 amide bonds. The molecule has 0 aliphatic carbocycles. The van der Waals surface area contributed by atoms with Crippen LogP contribution in [0.4, 0.5) is 5.69 Å². The Kier molecular flexibility index (Phi) is 8.40. The van der Waals surface area contributed by atoms with Crippen molar-refractivity contribution in [3.63, 3.8) is 0 Å². The van der Waals surface area contributed by atoms with E-state index in [4.69, 9.17) is 4.74 Å². The third kappa shape index (κ3) is 6.31. The minimum absolute atomic E-state index is 0.0107. The summed E-state index contributed by atoms with van der Waals surface area (Å²) >= 11 is 0. The number of benzene rings is 3. The molecule has 1 aromatic heterocycles. The van der Waals surface area contributed by atoms with Gasteiger partial charge in [0.1, 0.15) is 18.1 Å². The first-order valence-corrected chi connectivity index (χ1v) is 13.7. The smallest absolute Gasteiger partial charge is 0.247 e. The van der Waals surface area contributed by atoms with E-state index in [1.807, 2.05) is 98.7 Å². The minimum Gasteiger partial charge on any atom is -0.378 e. The van der Waals surface area contributed by atoms with Gasteiger partial charge in [-0.15, -0.1) is 5.10 Å². The number of ether oxygens (including phenoxy) is 1. The summed E-state index contributed by atoms with van der Waals surface area (Å²) in [5.74, 6) is -0.470. The first kappa shape index (κ1) is 27.3. The van der Waals surface area contributed by atoms with Crippen molar-refractivity contribution in [1.29, 1.82) is 0 Å². The van der Waals surface area contributed by atoms with E-state index in [1.165, 1.54) is 0 Å². The maximum atomic E-state index is 14.1. The molecule has 1 aliphatic heterocycles. The Bertz CT molecular complexity index is 1440. The standard InChI is InChI=1S/C31H36N6O3/c1-22-10-12-23(13-11-22)20-36(29(38)21-37-28-9-5-4-8-27(28)33-34-37)30(24-14-16-25(17-15-24)35(2)3)31(39)32-19-26-7-6-18-40-26/h4-5,8-17,26,30H,6-7,18-21H2,1-3H3,(H,32,39)/t26-,30+/m1/s1. The summed E-state index contributed by atoms with van der Waals surface area (Å²) in [6.45, 7) is 3.36. The molecule has 1 fully saturated rings. The Labute approximate surface area is 234 Å². The van der Waals surface area contributed by atoms with Crippen LogP contribution in [0.3, 0.4) is 0 Å². The van der Waals surface area contributed by atoms with Gasteiger partial charge in [0, 0.05) is 39.5 Å². The lowest BCUT2D eigenvalue weighted by Gasteiger charge is -2.32. The predicted octanol–water partition coefficient (Wildman–Crippen LogP) is 3.87. The van der Waals surface area contributed by atoms with Crippen LogP contribution in [0.2, 0.25) is 0 Å². The second kappa shape index (κ2) is 12.3. The Morgan fingerprint density at radius 2 is 1.80 bits per heavy atom. The van der Waals surface area contributed by atoms with Crippen molar-refractivity contribution in [2.45, 2.75) is 45.0 Å². The highest BCUT2D eigenvalue weighted by atomic mass is 16.5. The summed E-state index contributed by atoms with van der Waals surface area (Å²) in [6.07, 6.45) is 1.89. The molecule has 0 saturated carbocycles.